The standard InChI is InChI=1S/C14H15ClN2O2/c15-9-4-2-5-10(9)16-11-6-1-3-8-7-12(14(18)19)17-13(8)11/h1,3,6-7,9-10,16-17H,2,4-5H2,(H,18,19). The van der Waals surface area contributed by atoms with Crippen molar-refractivity contribution in [3.63, 3.8) is 0 Å². The zero-order chi connectivity index (χ0) is 13.4. The number of halogens is 1. The highest BCUT2D eigenvalue weighted by Crippen LogP contribution is 2.30. The Morgan fingerprint density at radius 2 is 2.26 bits per heavy atom. The quantitative estimate of drug-likeness (QED) is 0.754. The van der Waals surface area contributed by atoms with E-state index in [1.807, 2.05) is 18.2 Å². The number of aromatic nitrogens is 1. The molecule has 1 aromatic carbocycles. The lowest BCUT2D eigenvalue weighted by Gasteiger charge is -2.17. The van der Waals surface area contributed by atoms with Crippen LogP contribution in [0.15, 0.2) is 24.3 Å². The lowest BCUT2D eigenvalue weighted by atomic mass is 10.2. The fraction of sp³-hybridized carbons (Fsp3) is 0.357. The highest BCUT2D eigenvalue weighted by atomic mass is 35.5. The maximum absolute atomic E-state index is 11.0. The normalized spacial score (nSPS) is 22.8. The van der Waals surface area contributed by atoms with Crippen molar-refractivity contribution in [1.82, 2.24) is 4.98 Å². The minimum atomic E-state index is -0.946. The summed E-state index contributed by atoms with van der Waals surface area (Å²) >= 11 is 6.27. The molecule has 5 heteroatoms. The number of carbonyl (C=O) groups is 1. The zero-order valence-electron chi connectivity index (χ0n) is 10.3. The first kappa shape index (κ1) is 12.4. The number of rotatable bonds is 3. The SMILES string of the molecule is O=C(O)c1cc2cccc(NC3CCCC3Cl)c2[nH]1. The summed E-state index contributed by atoms with van der Waals surface area (Å²) in [5.41, 5.74) is 1.95. The number of alkyl halides is 1. The summed E-state index contributed by atoms with van der Waals surface area (Å²) in [5, 5.41) is 13.5. The fourth-order valence-corrected chi connectivity index (χ4v) is 3.01. The number of aromatic amines is 1. The summed E-state index contributed by atoms with van der Waals surface area (Å²) in [4.78, 5) is 14.0. The van der Waals surface area contributed by atoms with E-state index >= 15 is 0 Å². The van der Waals surface area contributed by atoms with Gasteiger partial charge in [-0.1, -0.05) is 12.1 Å². The molecule has 0 saturated heterocycles. The second kappa shape index (κ2) is 4.78. The van der Waals surface area contributed by atoms with Crippen LogP contribution in [0.2, 0.25) is 0 Å². The molecule has 0 spiro atoms. The highest BCUT2D eigenvalue weighted by molar-refractivity contribution is 6.21. The molecule has 1 saturated carbocycles. The number of hydrogen-bond donors (Lipinski definition) is 3. The molecule has 3 rings (SSSR count). The topological polar surface area (TPSA) is 65.1 Å². The van der Waals surface area contributed by atoms with E-state index in [0.717, 1.165) is 35.9 Å². The Balaban J connectivity index is 1.96. The summed E-state index contributed by atoms with van der Waals surface area (Å²) in [6, 6.07) is 7.67. The molecule has 1 aromatic heterocycles. The van der Waals surface area contributed by atoms with E-state index in [2.05, 4.69) is 10.3 Å². The number of H-pyrrole nitrogens is 1. The minimum Gasteiger partial charge on any atom is -0.477 e. The summed E-state index contributed by atoms with van der Waals surface area (Å²) in [7, 11) is 0. The van der Waals surface area contributed by atoms with Crippen molar-refractivity contribution in [2.24, 2.45) is 0 Å². The van der Waals surface area contributed by atoms with Crippen LogP contribution >= 0.6 is 11.6 Å². The lowest BCUT2D eigenvalue weighted by Crippen LogP contribution is -2.24. The number of anilines is 1. The third-order valence-corrected chi connectivity index (χ3v) is 4.18. The minimum absolute atomic E-state index is 0.143. The first-order valence-electron chi connectivity index (χ1n) is 6.41. The molecule has 1 heterocycles. The maximum atomic E-state index is 11.0. The molecular weight excluding hydrogens is 264 g/mol. The molecule has 0 aliphatic heterocycles. The fourth-order valence-electron chi connectivity index (χ4n) is 2.67. The number of fused-ring (bicyclic) bond motifs is 1. The molecule has 3 N–H and O–H groups in total. The molecule has 0 radical (unpaired) electrons. The molecule has 1 aliphatic rings. The van der Waals surface area contributed by atoms with E-state index in [4.69, 9.17) is 16.7 Å². The number of nitrogens with one attached hydrogen (secondary N) is 2. The van der Waals surface area contributed by atoms with Crippen LogP contribution in [0.4, 0.5) is 5.69 Å². The van der Waals surface area contributed by atoms with Crippen molar-refractivity contribution in [2.75, 3.05) is 5.32 Å². The van der Waals surface area contributed by atoms with E-state index in [0.29, 0.717) is 0 Å². The number of benzene rings is 1. The van der Waals surface area contributed by atoms with E-state index in [9.17, 15) is 4.79 Å². The Kier molecular flexibility index (Phi) is 3.11. The van der Waals surface area contributed by atoms with Crippen LogP contribution in [-0.2, 0) is 0 Å². The van der Waals surface area contributed by atoms with Gasteiger partial charge in [0.15, 0.2) is 0 Å². The summed E-state index contributed by atoms with van der Waals surface area (Å²) in [6.07, 6.45) is 3.21. The van der Waals surface area contributed by atoms with Gasteiger partial charge in [0.05, 0.1) is 16.6 Å². The van der Waals surface area contributed by atoms with Crippen molar-refractivity contribution < 1.29 is 9.90 Å². The molecule has 2 aromatic rings. The van der Waals surface area contributed by atoms with Gasteiger partial charge in [-0.3, -0.25) is 0 Å². The van der Waals surface area contributed by atoms with Crippen LogP contribution in [-0.4, -0.2) is 27.5 Å². The average molecular weight is 279 g/mol. The number of carboxylic acids is 1. The lowest BCUT2D eigenvalue weighted by molar-refractivity contribution is 0.0691. The molecule has 100 valence electrons. The smallest absolute Gasteiger partial charge is 0.352 e. The summed E-state index contributed by atoms with van der Waals surface area (Å²) in [5.74, 6) is -0.946. The first-order chi connectivity index (χ1) is 9.15. The van der Waals surface area contributed by atoms with E-state index in [1.165, 1.54) is 0 Å². The van der Waals surface area contributed by atoms with Crippen LogP contribution in [0.5, 0.6) is 0 Å². The van der Waals surface area contributed by atoms with Gasteiger partial charge in [-0.2, -0.15) is 0 Å². The molecule has 0 bridgehead atoms. The third kappa shape index (κ3) is 2.28. The van der Waals surface area contributed by atoms with Gasteiger partial charge in [0.1, 0.15) is 5.69 Å². The Morgan fingerprint density at radius 1 is 1.42 bits per heavy atom. The molecular formula is C14H15ClN2O2. The predicted octanol–water partition coefficient (Wildman–Crippen LogP) is 3.44. The van der Waals surface area contributed by atoms with Crippen molar-refractivity contribution in [3.05, 3.63) is 30.0 Å². The van der Waals surface area contributed by atoms with Crippen LogP contribution in [0.1, 0.15) is 29.8 Å². The van der Waals surface area contributed by atoms with Gasteiger partial charge >= 0.3 is 5.97 Å². The van der Waals surface area contributed by atoms with Crippen molar-refractivity contribution >= 4 is 34.2 Å². The Bertz CT molecular complexity index is 623. The Morgan fingerprint density at radius 3 is 2.95 bits per heavy atom. The Labute approximate surface area is 115 Å². The predicted molar refractivity (Wildman–Crippen MR) is 76.2 cm³/mol. The number of aromatic carboxylic acids is 1. The third-order valence-electron chi connectivity index (χ3n) is 3.66. The van der Waals surface area contributed by atoms with Gasteiger partial charge in [-0.25, -0.2) is 4.79 Å². The van der Waals surface area contributed by atoms with Gasteiger partial charge < -0.3 is 15.4 Å². The molecule has 1 fully saturated rings. The van der Waals surface area contributed by atoms with Crippen LogP contribution in [0.3, 0.4) is 0 Å². The van der Waals surface area contributed by atoms with Crippen LogP contribution in [0, 0.1) is 0 Å². The van der Waals surface area contributed by atoms with Crippen LogP contribution < -0.4 is 5.32 Å². The number of hydrogen-bond acceptors (Lipinski definition) is 2. The van der Waals surface area contributed by atoms with Crippen molar-refractivity contribution in [1.29, 1.82) is 0 Å². The van der Waals surface area contributed by atoms with Gasteiger partial charge in [-0.05, 0) is 31.4 Å². The second-order valence-corrected chi connectivity index (χ2v) is 5.52. The summed E-state index contributed by atoms with van der Waals surface area (Å²) in [6.45, 7) is 0. The monoisotopic (exact) mass is 278 g/mol. The van der Waals surface area contributed by atoms with Gasteiger partial charge in [0.2, 0.25) is 0 Å². The molecule has 19 heavy (non-hydrogen) atoms. The van der Waals surface area contributed by atoms with Gasteiger partial charge in [0, 0.05) is 11.4 Å². The van der Waals surface area contributed by atoms with E-state index < -0.39 is 5.97 Å². The zero-order valence-corrected chi connectivity index (χ0v) is 11.1. The molecule has 1 aliphatic carbocycles. The number of carboxylic acid groups (broad SMARTS) is 1. The highest BCUT2D eigenvalue weighted by Gasteiger charge is 2.25. The summed E-state index contributed by atoms with van der Waals surface area (Å²) < 4.78 is 0. The first-order valence-corrected chi connectivity index (χ1v) is 6.84. The average Bonchev–Trinajstić information content (AvgIpc) is 2.97. The number of para-hydroxylation sites is 1. The van der Waals surface area contributed by atoms with Crippen molar-refractivity contribution in [2.45, 2.75) is 30.7 Å². The van der Waals surface area contributed by atoms with E-state index in [1.54, 1.807) is 6.07 Å². The molecule has 0 amide bonds. The second-order valence-electron chi connectivity index (χ2n) is 4.96. The molecule has 4 nitrogen and oxygen atoms in total. The molecule has 2 atom stereocenters. The molecule has 2 unspecified atom stereocenters. The van der Waals surface area contributed by atoms with Gasteiger partial charge in [0.25, 0.3) is 0 Å². The van der Waals surface area contributed by atoms with Gasteiger partial charge in [-0.15, -0.1) is 11.6 Å². The largest absolute Gasteiger partial charge is 0.477 e. The maximum Gasteiger partial charge on any atom is 0.352 e. The van der Waals surface area contributed by atoms with Crippen molar-refractivity contribution in [3.8, 4) is 0 Å². The van der Waals surface area contributed by atoms with E-state index in [-0.39, 0.29) is 17.1 Å². The Hall–Kier alpha value is -1.68. The van der Waals surface area contributed by atoms with Crippen LogP contribution in [0.25, 0.3) is 10.9 Å².